The topological polar surface area (TPSA) is 69.9 Å². The number of nitrogen functional groups attached to an aromatic ring is 1. The molecule has 15 heavy (non-hydrogen) atoms. The van der Waals surface area contributed by atoms with E-state index in [4.69, 9.17) is 10.3 Å². The third kappa shape index (κ3) is 1.83. The minimum atomic E-state index is 0. The summed E-state index contributed by atoms with van der Waals surface area (Å²) in [6, 6.07) is 0. The van der Waals surface area contributed by atoms with Gasteiger partial charge in [-0.3, -0.25) is 0 Å². The van der Waals surface area contributed by atoms with Gasteiger partial charge in [0, 0.05) is 0 Å². The van der Waals surface area contributed by atoms with Crippen LogP contribution in [0.25, 0.3) is 5.69 Å². The van der Waals surface area contributed by atoms with Crippen LogP contribution in [0.5, 0.6) is 0 Å². The average Bonchev–Trinajstić information content (AvgIpc) is 2.59. The zero-order chi connectivity index (χ0) is 10.3. The van der Waals surface area contributed by atoms with Crippen molar-refractivity contribution in [3.05, 3.63) is 23.3 Å². The summed E-state index contributed by atoms with van der Waals surface area (Å²) in [5.74, 6) is 0.741. The first-order chi connectivity index (χ1) is 6.59. The van der Waals surface area contributed by atoms with Crippen LogP contribution in [0, 0.1) is 20.8 Å². The van der Waals surface area contributed by atoms with Crippen LogP contribution in [0.15, 0.2) is 10.7 Å². The van der Waals surface area contributed by atoms with E-state index in [-0.39, 0.29) is 12.4 Å². The van der Waals surface area contributed by atoms with Gasteiger partial charge in [0.15, 0.2) is 5.76 Å². The van der Waals surface area contributed by atoms with Gasteiger partial charge in [-0.05, 0) is 20.8 Å². The zero-order valence-corrected chi connectivity index (χ0v) is 9.63. The van der Waals surface area contributed by atoms with E-state index in [1.54, 1.807) is 10.9 Å². The highest BCUT2D eigenvalue weighted by molar-refractivity contribution is 5.85. The lowest BCUT2D eigenvalue weighted by atomic mass is 10.3. The Hall–Kier alpha value is -1.49. The first-order valence-electron chi connectivity index (χ1n) is 4.34. The molecule has 82 valence electrons. The molecular weight excluding hydrogens is 216 g/mol. The third-order valence-electron chi connectivity index (χ3n) is 2.16. The molecule has 6 heteroatoms. The third-order valence-corrected chi connectivity index (χ3v) is 2.16. The van der Waals surface area contributed by atoms with Gasteiger partial charge in [0.25, 0.3) is 0 Å². The highest BCUT2D eigenvalue weighted by Gasteiger charge is 2.13. The van der Waals surface area contributed by atoms with Crippen LogP contribution in [-0.2, 0) is 0 Å². The highest BCUT2D eigenvalue weighted by Crippen LogP contribution is 2.19. The van der Waals surface area contributed by atoms with Crippen LogP contribution in [0.2, 0.25) is 0 Å². The predicted octanol–water partition coefficient (Wildman–Crippen LogP) is 1.79. The minimum Gasteiger partial charge on any atom is -0.396 e. The van der Waals surface area contributed by atoms with Crippen LogP contribution in [-0.4, -0.2) is 14.9 Å². The molecule has 0 bridgehead atoms. The van der Waals surface area contributed by atoms with Crippen molar-refractivity contribution in [1.82, 2.24) is 14.9 Å². The summed E-state index contributed by atoms with van der Waals surface area (Å²) < 4.78 is 6.75. The fourth-order valence-electron chi connectivity index (χ4n) is 1.39. The van der Waals surface area contributed by atoms with Gasteiger partial charge >= 0.3 is 0 Å². The fourth-order valence-corrected chi connectivity index (χ4v) is 1.39. The SMILES string of the molecule is Cc1nn(-c2c(C)noc2C)cc1N.Cl. The predicted molar refractivity (Wildman–Crippen MR) is 59.5 cm³/mol. The number of anilines is 1. The molecule has 2 aromatic rings. The molecule has 0 aliphatic rings. The molecule has 0 aromatic carbocycles. The van der Waals surface area contributed by atoms with Crippen LogP contribution >= 0.6 is 12.4 Å². The zero-order valence-electron chi connectivity index (χ0n) is 8.81. The van der Waals surface area contributed by atoms with Crippen molar-refractivity contribution in [1.29, 1.82) is 0 Å². The molecule has 0 atom stereocenters. The van der Waals surface area contributed by atoms with E-state index >= 15 is 0 Å². The second-order valence-electron chi connectivity index (χ2n) is 3.29. The van der Waals surface area contributed by atoms with Gasteiger partial charge in [-0.25, -0.2) is 4.68 Å². The summed E-state index contributed by atoms with van der Waals surface area (Å²) in [6.45, 7) is 5.59. The summed E-state index contributed by atoms with van der Waals surface area (Å²) in [6.07, 6.45) is 1.77. The van der Waals surface area contributed by atoms with Gasteiger partial charge in [-0.2, -0.15) is 5.10 Å². The number of aryl methyl sites for hydroxylation is 3. The number of nitrogens with zero attached hydrogens (tertiary/aromatic N) is 3. The molecule has 2 heterocycles. The molecule has 0 aliphatic carbocycles. The van der Waals surface area contributed by atoms with Gasteiger partial charge in [0.05, 0.1) is 17.6 Å². The van der Waals surface area contributed by atoms with E-state index in [1.807, 2.05) is 20.8 Å². The molecule has 2 N–H and O–H groups in total. The number of aromatic nitrogens is 3. The van der Waals surface area contributed by atoms with E-state index in [9.17, 15) is 0 Å². The standard InChI is InChI=1S/C9H12N4O.ClH/c1-5-8(10)4-13(11-5)9-6(2)12-14-7(9)3;/h4H,10H2,1-3H3;1H. The Labute approximate surface area is 93.6 Å². The molecule has 0 saturated carbocycles. The quantitative estimate of drug-likeness (QED) is 0.808. The van der Waals surface area contributed by atoms with Gasteiger partial charge in [0.2, 0.25) is 0 Å². The number of halogens is 1. The minimum absolute atomic E-state index is 0. The Bertz CT molecular complexity index is 435. The molecule has 0 amide bonds. The van der Waals surface area contributed by atoms with Gasteiger partial charge in [-0.15, -0.1) is 12.4 Å². The molecule has 0 aliphatic heterocycles. The van der Waals surface area contributed by atoms with E-state index in [0.717, 1.165) is 22.8 Å². The Morgan fingerprint density at radius 1 is 1.27 bits per heavy atom. The highest BCUT2D eigenvalue weighted by atomic mass is 35.5. The van der Waals surface area contributed by atoms with Crippen LogP contribution in [0.3, 0.4) is 0 Å². The molecule has 2 aromatic heterocycles. The molecule has 0 spiro atoms. The Balaban J connectivity index is 0.00000112. The molecule has 0 radical (unpaired) electrons. The second kappa shape index (κ2) is 3.94. The van der Waals surface area contributed by atoms with Gasteiger partial charge < -0.3 is 10.3 Å². The number of hydrogen-bond acceptors (Lipinski definition) is 4. The molecule has 0 saturated heterocycles. The Morgan fingerprint density at radius 2 is 1.93 bits per heavy atom. The molecule has 0 fully saturated rings. The number of hydrogen-bond donors (Lipinski definition) is 1. The van der Waals surface area contributed by atoms with Crippen molar-refractivity contribution in [3.8, 4) is 5.69 Å². The number of nitrogens with two attached hydrogens (primary N) is 1. The summed E-state index contributed by atoms with van der Waals surface area (Å²) in [5.41, 5.74) is 8.87. The maximum absolute atomic E-state index is 5.71. The smallest absolute Gasteiger partial charge is 0.159 e. The van der Waals surface area contributed by atoms with Gasteiger partial charge in [0.1, 0.15) is 11.4 Å². The maximum Gasteiger partial charge on any atom is 0.159 e. The summed E-state index contributed by atoms with van der Waals surface area (Å²) >= 11 is 0. The lowest BCUT2D eigenvalue weighted by molar-refractivity contribution is 0.392. The van der Waals surface area contributed by atoms with Crippen LogP contribution in [0.1, 0.15) is 17.1 Å². The first-order valence-corrected chi connectivity index (χ1v) is 4.34. The fraction of sp³-hybridized carbons (Fsp3) is 0.333. The normalized spacial score (nSPS) is 10.1. The Morgan fingerprint density at radius 3 is 2.33 bits per heavy atom. The van der Waals surface area contributed by atoms with Crippen LogP contribution in [0.4, 0.5) is 5.69 Å². The Kier molecular flexibility index (Phi) is 3.04. The first kappa shape index (κ1) is 11.6. The van der Waals surface area contributed by atoms with E-state index in [0.29, 0.717) is 5.69 Å². The monoisotopic (exact) mass is 228 g/mol. The van der Waals surface area contributed by atoms with Crippen molar-refractivity contribution in [3.63, 3.8) is 0 Å². The largest absolute Gasteiger partial charge is 0.396 e. The maximum atomic E-state index is 5.71. The lowest BCUT2D eigenvalue weighted by Crippen LogP contribution is -1.97. The van der Waals surface area contributed by atoms with Gasteiger partial charge in [-0.1, -0.05) is 5.16 Å². The van der Waals surface area contributed by atoms with E-state index in [1.165, 1.54) is 0 Å². The second-order valence-corrected chi connectivity index (χ2v) is 3.29. The summed E-state index contributed by atoms with van der Waals surface area (Å²) in [4.78, 5) is 0. The van der Waals surface area contributed by atoms with E-state index < -0.39 is 0 Å². The molecule has 2 rings (SSSR count). The lowest BCUT2D eigenvalue weighted by Gasteiger charge is -1.97. The van der Waals surface area contributed by atoms with Crippen molar-refractivity contribution in [2.24, 2.45) is 0 Å². The molecular formula is C9H13ClN4O. The average molecular weight is 229 g/mol. The molecule has 0 unspecified atom stereocenters. The van der Waals surface area contributed by atoms with Crippen molar-refractivity contribution < 1.29 is 4.52 Å². The molecule has 5 nitrogen and oxygen atoms in total. The summed E-state index contributed by atoms with van der Waals surface area (Å²) in [5, 5.41) is 8.12. The van der Waals surface area contributed by atoms with Crippen molar-refractivity contribution in [2.75, 3.05) is 5.73 Å². The van der Waals surface area contributed by atoms with E-state index in [2.05, 4.69) is 10.3 Å². The number of rotatable bonds is 1. The van der Waals surface area contributed by atoms with Crippen molar-refractivity contribution >= 4 is 18.1 Å². The van der Waals surface area contributed by atoms with Crippen molar-refractivity contribution in [2.45, 2.75) is 20.8 Å². The summed E-state index contributed by atoms with van der Waals surface area (Å²) in [7, 11) is 0. The van der Waals surface area contributed by atoms with Crippen LogP contribution < -0.4 is 5.73 Å².